The summed E-state index contributed by atoms with van der Waals surface area (Å²) in [7, 11) is 0. The zero-order chi connectivity index (χ0) is 13.1. The summed E-state index contributed by atoms with van der Waals surface area (Å²) < 4.78 is 14.3. The van der Waals surface area contributed by atoms with Crippen molar-refractivity contribution in [2.75, 3.05) is 0 Å². The number of hydrogen-bond donors (Lipinski definition) is 1. The van der Waals surface area contributed by atoms with Gasteiger partial charge < -0.3 is 5.73 Å². The van der Waals surface area contributed by atoms with E-state index in [-0.39, 0.29) is 11.9 Å². The number of rotatable bonds is 3. The second-order valence-corrected chi connectivity index (χ2v) is 5.36. The molecule has 0 heterocycles. The van der Waals surface area contributed by atoms with Crippen molar-refractivity contribution in [3.63, 3.8) is 0 Å². The quantitative estimate of drug-likeness (QED) is 0.906. The third-order valence-electron chi connectivity index (χ3n) is 2.99. The minimum atomic E-state index is -0.236. The van der Waals surface area contributed by atoms with Gasteiger partial charge in [0, 0.05) is 10.5 Å². The predicted octanol–water partition coefficient (Wildman–Crippen LogP) is 4.14. The van der Waals surface area contributed by atoms with E-state index in [2.05, 4.69) is 15.9 Å². The molecule has 0 saturated heterocycles. The molecule has 0 radical (unpaired) electrons. The zero-order valence-corrected chi connectivity index (χ0v) is 11.7. The maximum Gasteiger partial charge on any atom is 0.123 e. The van der Waals surface area contributed by atoms with Crippen molar-refractivity contribution in [1.29, 1.82) is 0 Å². The van der Waals surface area contributed by atoms with E-state index in [1.54, 1.807) is 6.07 Å². The molecule has 2 N–H and O–H groups in total. The monoisotopic (exact) mass is 307 g/mol. The number of aryl methyl sites for hydroxylation is 1. The molecule has 3 heteroatoms. The Hall–Kier alpha value is -1.19. The van der Waals surface area contributed by atoms with Gasteiger partial charge in [0.1, 0.15) is 5.82 Å². The smallest absolute Gasteiger partial charge is 0.123 e. The largest absolute Gasteiger partial charge is 0.324 e. The van der Waals surface area contributed by atoms with E-state index in [1.807, 2.05) is 31.2 Å². The molecule has 0 saturated carbocycles. The third-order valence-corrected chi connectivity index (χ3v) is 3.48. The summed E-state index contributed by atoms with van der Waals surface area (Å²) in [5.41, 5.74) is 9.20. The van der Waals surface area contributed by atoms with Gasteiger partial charge in [-0.3, -0.25) is 0 Å². The second-order valence-electron chi connectivity index (χ2n) is 4.44. The SMILES string of the molecule is Cc1ccc(F)cc1C(N)Cc1cccc(Br)c1. The van der Waals surface area contributed by atoms with Crippen molar-refractivity contribution in [1.82, 2.24) is 0 Å². The summed E-state index contributed by atoms with van der Waals surface area (Å²) in [5, 5.41) is 0. The summed E-state index contributed by atoms with van der Waals surface area (Å²) in [6, 6.07) is 12.6. The summed E-state index contributed by atoms with van der Waals surface area (Å²) in [6.07, 6.45) is 0.698. The third kappa shape index (κ3) is 3.18. The van der Waals surface area contributed by atoms with Gasteiger partial charge in [-0.1, -0.05) is 34.1 Å². The molecule has 2 aromatic carbocycles. The molecule has 2 rings (SSSR count). The van der Waals surface area contributed by atoms with Gasteiger partial charge in [0.15, 0.2) is 0 Å². The van der Waals surface area contributed by atoms with Crippen molar-refractivity contribution in [3.8, 4) is 0 Å². The molecule has 0 amide bonds. The van der Waals surface area contributed by atoms with Gasteiger partial charge in [-0.25, -0.2) is 4.39 Å². The minimum Gasteiger partial charge on any atom is -0.324 e. The van der Waals surface area contributed by atoms with Gasteiger partial charge in [-0.15, -0.1) is 0 Å². The normalized spacial score (nSPS) is 12.4. The molecule has 18 heavy (non-hydrogen) atoms. The Kier molecular flexibility index (Phi) is 4.15. The first kappa shape index (κ1) is 13.2. The van der Waals surface area contributed by atoms with Gasteiger partial charge in [0.05, 0.1) is 0 Å². The van der Waals surface area contributed by atoms with Crippen molar-refractivity contribution < 1.29 is 4.39 Å². The van der Waals surface area contributed by atoms with Crippen molar-refractivity contribution in [3.05, 3.63) is 69.4 Å². The van der Waals surface area contributed by atoms with Crippen LogP contribution in [0.5, 0.6) is 0 Å². The molecule has 0 aliphatic carbocycles. The highest BCUT2D eigenvalue weighted by molar-refractivity contribution is 9.10. The standard InChI is InChI=1S/C15H15BrFN/c1-10-5-6-13(17)9-14(10)15(18)8-11-3-2-4-12(16)7-11/h2-7,9,15H,8,18H2,1H3. The highest BCUT2D eigenvalue weighted by Crippen LogP contribution is 2.22. The lowest BCUT2D eigenvalue weighted by Crippen LogP contribution is -2.15. The first-order valence-corrected chi connectivity index (χ1v) is 6.61. The lowest BCUT2D eigenvalue weighted by Gasteiger charge is -2.15. The summed E-state index contributed by atoms with van der Waals surface area (Å²) in [6.45, 7) is 1.95. The molecule has 1 atom stereocenters. The Morgan fingerprint density at radius 3 is 2.72 bits per heavy atom. The Balaban J connectivity index is 2.21. The van der Waals surface area contributed by atoms with E-state index in [0.717, 1.165) is 21.2 Å². The van der Waals surface area contributed by atoms with Crippen LogP contribution in [0, 0.1) is 12.7 Å². The average molecular weight is 308 g/mol. The van der Waals surface area contributed by atoms with Crippen LogP contribution in [0.3, 0.4) is 0 Å². The van der Waals surface area contributed by atoms with Gasteiger partial charge >= 0.3 is 0 Å². The van der Waals surface area contributed by atoms with E-state index in [9.17, 15) is 4.39 Å². The Bertz CT molecular complexity index is 554. The zero-order valence-electron chi connectivity index (χ0n) is 10.2. The maximum atomic E-state index is 13.2. The van der Waals surface area contributed by atoms with E-state index < -0.39 is 0 Å². The van der Waals surface area contributed by atoms with Crippen LogP contribution >= 0.6 is 15.9 Å². The number of halogens is 2. The number of nitrogens with two attached hydrogens (primary N) is 1. The maximum absolute atomic E-state index is 13.2. The van der Waals surface area contributed by atoms with Crippen LogP contribution in [-0.2, 0) is 6.42 Å². The first-order valence-electron chi connectivity index (χ1n) is 5.82. The molecule has 0 spiro atoms. The highest BCUT2D eigenvalue weighted by Gasteiger charge is 2.11. The van der Waals surface area contributed by atoms with Crippen LogP contribution in [0.4, 0.5) is 4.39 Å². The fraction of sp³-hybridized carbons (Fsp3) is 0.200. The van der Waals surface area contributed by atoms with Crippen LogP contribution in [0.2, 0.25) is 0 Å². The molecule has 0 aliphatic rings. The molecule has 2 aromatic rings. The summed E-state index contributed by atoms with van der Waals surface area (Å²) >= 11 is 3.43. The molecule has 1 unspecified atom stereocenters. The lowest BCUT2D eigenvalue weighted by atomic mass is 9.96. The summed E-state index contributed by atoms with van der Waals surface area (Å²) in [5.74, 6) is -0.236. The molecule has 0 bridgehead atoms. The van der Waals surface area contributed by atoms with Crippen LogP contribution in [-0.4, -0.2) is 0 Å². The highest BCUT2D eigenvalue weighted by atomic mass is 79.9. The van der Waals surface area contributed by atoms with Crippen molar-refractivity contribution in [2.45, 2.75) is 19.4 Å². The molecular formula is C15H15BrFN. The minimum absolute atomic E-state index is 0.185. The van der Waals surface area contributed by atoms with E-state index in [0.29, 0.717) is 6.42 Å². The molecule has 0 aliphatic heterocycles. The molecule has 94 valence electrons. The van der Waals surface area contributed by atoms with Crippen LogP contribution in [0.25, 0.3) is 0 Å². The van der Waals surface area contributed by atoms with Crippen LogP contribution < -0.4 is 5.73 Å². The molecule has 1 nitrogen and oxygen atoms in total. The van der Waals surface area contributed by atoms with Crippen molar-refractivity contribution >= 4 is 15.9 Å². The fourth-order valence-electron chi connectivity index (χ4n) is 2.04. The fourth-order valence-corrected chi connectivity index (χ4v) is 2.49. The van der Waals surface area contributed by atoms with Crippen molar-refractivity contribution in [2.24, 2.45) is 5.73 Å². The first-order chi connectivity index (χ1) is 8.56. The predicted molar refractivity (Wildman–Crippen MR) is 75.9 cm³/mol. The van der Waals surface area contributed by atoms with Gasteiger partial charge in [-0.2, -0.15) is 0 Å². The van der Waals surface area contributed by atoms with Crippen LogP contribution in [0.15, 0.2) is 46.9 Å². The second kappa shape index (κ2) is 5.63. The Morgan fingerprint density at radius 2 is 2.00 bits per heavy atom. The average Bonchev–Trinajstić information content (AvgIpc) is 2.32. The molecular weight excluding hydrogens is 293 g/mol. The Labute approximate surface area is 115 Å². The van der Waals surface area contributed by atoms with E-state index >= 15 is 0 Å². The number of benzene rings is 2. The molecule has 0 aromatic heterocycles. The van der Waals surface area contributed by atoms with Gasteiger partial charge in [0.25, 0.3) is 0 Å². The van der Waals surface area contributed by atoms with Gasteiger partial charge in [-0.05, 0) is 54.3 Å². The topological polar surface area (TPSA) is 26.0 Å². The summed E-state index contributed by atoms with van der Waals surface area (Å²) in [4.78, 5) is 0. The Morgan fingerprint density at radius 1 is 1.22 bits per heavy atom. The lowest BCUT2D eigenvalue weighted by molar-refractivity contribution is 0.617. The van der Waals surface area contributed by atoms with E-state index in [1.165, 1.54) is 12.1 Å². The van der Waals surface area contributed by atoms with Gasteiger partial charge in [0.2, 0.25) is 0 Å². The van der Waals surface area contributed by atoms with E-state index in [4.69, 9.17) is 5.73 Å². The number of hydrogen-bond acceptors (Lipinski definition) is 1. The van der Waals surface area contributed by atoms with Crippen LogP contribution in [0.1, 0.15) is 22.7 Å². The molecule has 0 fully saturated rings.